The summed E-state index contributed by atoms with van der Waals surface area (Å²) in [7, 11) is 3.13. The quantitative estimate of drug-likeness (QED) is 0.312. The van der Waals surface area contributed by atoms with Gasteiger partial charge in [-0.15, -0.1) is 0 Å². The first kappa shape index (κ1) is 25.2. The number of hydrogen-bond donors (Lipinski definition) is 3. The number of para-hydroxylation sites is 1. The van der Waals surface area contributed by atoms with Gasteiger partial charge in [-0.05, 0) is 47.9 Å². The molecule has 8 nitrogen and oxygen atoms in total. The molecule has 1 aliphatic rings. The van der Waals surface area contributed by atoms with Crippen LogP contribution in [-0.2, 0) is 17.6 Å². The number of benzene rings is 2. The van der Waals surface area contributed by atoms with Gasteiger partial charge in [0.2, 0.25) is 0 Å². The Morgan fingerprint density at radius 2 is 1.58 bits per heavy atom. The molecule has 1 amide bonds. The normalized spacial score (nSPS) is 14.0. The van der Waals surface area contributed by atoms with Crippen molar-refractivity contribution in [3.05, 3.63) is 79.6 Å². The number of aromatic hydroxyl groups is 1. The van der Waals surface area contributed by atoms with Crippen LogP contribution in [0.3, 0.4) is 0 Å². The van der Waals surface area contributed by atoms with Crippen molar-refractivity contribution in [2.75, 3.05) is 24.7 Å². The zero-order valence-corrected chi connectivity index (χ0v) is 20.9. The van der Waals surface area contributed by atoms with Crippen LogP contribution in [0.25, 0.3) is 0 Å². The van der Waals surface area contributed by atoms with Crippen LogP contribution in [0.5, 0.6) is 5.75 Å². The molecule has 0 unspecified atom stereocenters. The van der Waals surface area contributed by atoms with Crippen molar-refractivity contribution in [1.82, 2.24) is 4.90 Å². The lowest BCUT2D eigenvalue weighted by molar-refractivity contribution is -0.121. The van der Waals surface area contributed by atoms with Crippen molar-refractivity contribution >= 4 is 28.8 Å². The fourth-order valence-electron chi connectivity index (χ4n) is 4.82. The number of hydrogen-bond acceptors (Lipinski definition) is 7. The Morgan fingerprint density at radius 1 is 0.972 bits per heavy atom. The molecule has 0 heterocycles. The fourth-order valence-corrected chi connectivity index (χ4v) is 4.82. The van der Waals surface area contributed by atoms with Crippen LogP contribution in [0, 0.1) is 11.8 Å². The maximum atomic E-state index is 13.3. The number of nitrogens with zero attached hydrogens (tertiary/aromatic N) is 1. The molecule has 0 saturated carbocycles. The third kappa shape index (κ3) is 4.76. The van der Waals surface area contributed by atoms with E-state index in [4.69, 9.17) is 0 Å². The number of carbonyl (C=O) groups excluding carboxylic acids is 2. The lowest BCUT2D eigenvalue weighted by atomic mass is 9.90. The van der Waals surface area contributed by atoms with Crippen LogP contribution in [0.2, 0.25) is 0 Å². The monoisotopic (exact) mass is 489 g/mol. The van der Waals surface area contributed by atoms with Crippen LogP contribution in [0.15, 0.2) is 52.1 Å². The number of amides is 1. The SMILES string of the molecule is CC(C)[C@@H](Nc1c(Nc2cccc(C(=O)N(C)C)c2O)c(=O)c1=O)C(=O)CC1Cc2ccccc2C1. The smallest absolute Gasteiger partial charge is 0.257 e. The van der Waals surface area contributed by atoms with Crippen LogP contribution in [0.1, 0.15) is 41.8 Å². The van der Waals surface area contributed by atoms with Crippen molar-refractivity contribution in [3.8, 4) is 5.75 Å². The van der Waals surface area contributed by atoms with E-state index in [1.54, 1.807) is 20.2 Å². The molecule has 3 aromatic rings. The van der Waals surface area contributed by atoms with E-state index in [0.29, 0.717) is 6.42 Å². The van der Waals surface area contributed by atoms with Crippen molar-refractivity contribution < 1.29 is 14.7 Å². The third-order valence-electron chi connectivity index (χ3n) is 6.78. The Morgan fingerprint density at radius 3 is 2.17 bits per heavy atom. The molecular formula is C28H31N3O5. The second-order valence-corrected chi connectivity index (χ2v) is 10.0. The molecule has 8 heteroatoms. The first-order chi connectivity index (χ1) is 17.1. The summed E-state index contributed by atoms with van der Waals surface area (Å²) < 4.78 is 0. The summed E-state index contributed by atoms with van der Waals surface area (Å²) >= 11 is 0. The molecule has 0 saturated heterocycles. The molecule has 1 atom stereocenters. The minimum atomic E-state index is -0.748. The standard InChI is InChI=1S/C28H31N3O5/c1-15(2)22(21(32)14-16-12-17-8-5-6-9-18(17)13-16)30-24-23(26(34)27(24)35)29-20-11-7-10-19(25(20)33)28(36)31(3)4/h5-11,15-16,22,29-30,33H,12-14H2,1-4H3/t22-/m1/s1. The molecule has 0 radical (unpaired) electrons. The molecule has 1 aliphatic carbocycles. The molecule has 36 heavy (non-hydrogen) atoms. The minimum absolute atomic E-state index is 0.0109. The number of anilines is 3. The number of rotatable bonds is 9. The van der Waals surface area contributed by atoms with E-state index in [0.717, 1.165) is 12.8 Å². The topological polar surface area (TPSA) is 116 Å². The number of carbonyl (C=O) groups is 2. The van der Waals surface area contributed by atoms with Crippen LogP contribution < -0.4 is 21.5 Å². The Labute approximate surface area is 209 Å². The largest absolute Gasteiger partial charge is 0.505 e. The molecule has 4 rings (SSSR count). The maximum absolute atomic E-state index is 13.3. The second-order valence-electron chi connectivity index (χ2n) is 10.0. The zero-order valence-electron chi connectivity index (χ0n) is 20.9. The minimum Gasteiger partial charge on any atom is -0.505 e. The molecule has 0 spiro atoms. The van der Waals surface area contributed by atoms with E-state index in [-0.39, 0.29) is 46.0 Å². The van der Waals surface area contributed by atoms with Crippen molar-refractivity contribution in [1.29, 1.82) is 0 Å². The summed E-state index contributed by atoms with van der Waals surface area (Å²) in [5.74, 6) is -0.653. The molecule has 188 valence electrons. The molecule has 3 N–H and O–H groups in total. The zero-order chi connectivity index (χ0) is 26.1. The van der Waals surface area contributed by atoms with Crippen LogP contribution >= 0.6 is 0 Å². The summed E-state index contributed by atoms with van der Waals surface area (Å²) in [4.78, 5) is 51.8. The van der Waals surface area contributed by atoms with Gasteiger partial charge >= 0.3 is 0 Å². The highest BCUT2D eigenvalue weighted by molar-refractivity contribution is 5.99. The average Bonchev–Trinajstić information content (AvgIpc) is 3.25. The van der Waals surface area contributed by atoms with Gasteiger partial charge in [-0.3, -0.25) is 19.2 Å². The van der Waals surface area contributed by atoms with Gasteiger partial charge in [0.1, 0.15) is 11.4 Å². The van der Waals surface area contributed by atoms with E-state index < -0.39 is 22.8 Å². The summed E-state index contributed by atoms with van der Waals surface area (Å²) in [5.41, 5.74) is 1.25. The van der Waals surface area contributed by atoms with E-state index >= 15 is 0 Å². The number of Topliss-reactive ketones (excluding diaryl/α,β-unsaturated/α-hetero) is 1. The first-order valence-electron chi connectivity index (χ1n) is 12.1. The predicted octanol–water partition coefficient (Wildman–Crippen LogP) is 3.24. The predicted molar refractivity (Wildman–Crippen MR) is 140 cm³/mol. The lowest BCUT2D eigenvalue weighted by Gasteiger charge is -2.26. The first-order valence-corrected chi connectivity index (χ1v) is 12.1. The van der Waals surface area contributed by atoms with Gasteiger partial charge in [-0.25, -0.2) is 0 Å². The number of ketones is 1. The number of phenols is 1. The van der Waals surface area contributed by atoms with Gasteiger partial charge < -0.3 is 20.6 Å². The number of fused-ring (bicyclic) bond motifs is 1. The molecular weight excluding hydrogens is 458 g/mol. The molecule has 0 aliphatic heterocycles. The summed E-state index contributed by atoms with van der Waals surface area (Å²) in [6.45, 7) is 3.78. The highest BCUT2D eigenvalue weighted by Crippen LogP contribution is 2.33. The molecule has 0 bridgehead atoms. The summed E-state index contributed by atoms with van der Waals surface area (Å²) in [5, 5.41) is 16.4. The summed E-state index contributed by atoms with van der Waals surface area (Å²) in [6, 6.07) is 12.1. The average molecular weight is 490 g/mol. The van der Waals surface area contributed by atoms with E-state index in [1.807, 2.05) is 26.0 Å². The highest BCUT2D eigenvalue weighted by Gasteiger charge is 2.32. The van der Waals surface area contributed by atoms with Crippen molar-refractivity contribution in [2.24, 2.45) is 11.8 Å². The van der Waals surface area contributed by atoms with Crippen molar-refractivity contribution in [3.63, 3.8) is 0 Å². The highest BCUT2D eigenvalue weighted by atomic mass is 16.3. The number of nitrogens with one attached hydrogen (secondary N) is 2. The second kappa shape index (κ2) is 9.97. The van der Waals surface area contributed by atoms with Crippen molar-refractivity contribution in [2.45, 2.75) is 39.2 Å². The Kier molecular flexibility index (Phi) is 6.97. The maximum Gasteiger partial charge on any atom is 0.257 e. The van der Waals surface area contributed by atoms with Crippen LogP contribution in [0.4, 0.5) is 17.1 Å². The Hall–Kier alpha value is -3.94. The summed E-state index contributed by atoms with van der Waals surface area (Å²) in [6.07, 6.45) is 2.07. The van der Waals surface area contributed by atoms with Gasteiger partial charge in [-0.1, -0.05) is 44.2 Å². The number of phenolic OH excluding ortho intramolecular Hbond substituents is 1. The van der Waals surface area contributed by atoms with Gasteiger partial charge in [0, 0.05) is 20.5 Å². The van der Waals surface area contributed by atoms with E-state index in [1.165, 1.54) is 28.2 Å². The Bertz CT molecular complexity index is 1360. The van der Waals surface area contributed by atoms with E-state index in [9.17, 15) is 24.3 Å². The molecule has 0 fully saturated rings. The lowest BCUT2D eigenvalue weighted by Crippen LogP contribution is -2.43. The fraction of sp³-hybridized carbons (Fsp3) is 0.357. The molecule has 0 aromatic heterocycles. The third-order valence-corrected chi connectivity index (χ3v) is 6.78. The Balaban J connectivity index is 1.52. The van der Waals surface area contributed by atoms with Gasteiger partial charge in [0.15, 0.2) is 11.5 Å². The van der Waals surface area contributed by atoms with Crippen LogP contribution in [-0.4, -0.2) is 41.8 Å². The van der Waals surface area contributed by atoms with Gasteiger partial charge in [-0.2, -0.15) is 0 Å². The van der Waals surface area contributed by atoms with E-state index in [2.05, 4.69) is 22.8 Å². The van der Waals surface area contributed by atoms with Gasteiger partial charge in [0.05, 0.1) is 17.3 Å². The molecule has 3 aromatic carbocycles. The van der Waals surface area contributed by atoms with Gasteiger partial charge in [0.25, 0.3) is 16.8 Å².